The zero-order valence-electron chi connectivity index (χ0n) is 8.87. The van der Waals surface area contributed by atoms with Gasteiger partial charge in [0.2, 0.25) is 5.91 Å². The van der Waals surface area contributed by atoms with Crippen LogP contribution in [0, 0.1) is 0 Å². The van der Waals surface area contributed by atoms with Gasteiger partial charge >= 0.3 is 0 Å². The predicted octanol–water partition coefficient (Wildman–Crippen LogP) is 1.51. The lowest BCUT2D eigenvalue weighted by Crippen LogP contribution is -2.18. The minimum Gasteiger partial charge on any atom is -0.508 e. The van der Waals surface area contributed by atoms with E-state index in [0.29, 0.717) is 25.9 Å². The number of primary amides is 1. The molecule has 4 N–H and O–H groups in total. The minimum absolute atomic E-state index is 0.269. The Morgan fingerprint density at radius 1 is 1.50 bits per heavy atom. The average molecular weight is 287 g/mol. The van der Waals surface area contributed by atoms with E-state index >= 15 is 0 Å². The van der Waals surface area contributed by atoms with Gasteiger partial charge in [-0.3, -0.25) is 4.79 Å². The van der Waals surface area contributed by atoms with E-state index in [-0.39, 0.29) is 11.7 Å². The molecule has 0 spiro atoms. The molecule has 5 heteroatoms. The Hall–Kier alpha value is -1.07. The largest absolute Gasteiger partial charge is 0.508 e. The lowest BCUT2D eigenvalue weighted by Gasteiger charge is -2.06. The number of aromatic hydroxyl groups is 1. The second-order valence-electron chi connectivity index (χ2n) is 3.52. The van der Waals surface area contributed by atoms with E-state index in [9.17, 15) is 9.90 Å². The molecule has 0 saturated carbocycles. The van der Waals surface area contributed by atoms with Gasteiger partial charge in [0, 0.05) is 23.0 Å². The van der Waals surface area contributed by atoms with E-state index in [1.807, 2.05) is 6.07 Å². The van der Waals surface area contributed by atoms with Crippen molar-refractivity contribution in [2.24, 2.45) is 5.73 Å². The van der Waals surface area contributed by atoms with Crippen molar-refractivity contribution in [3.63, 3.8) is 0 Å². The Bertz CT molecular complexity index is 369. The summed E-state index contributed by atoms with van der Waals surface area (Å²) < 4.78 is 0.930. The molecule has 16 heavy (non-hydrogen) atoms. The molecule has 4 nitrogen and oxygen atoms in total. The Kier molecular flexibility index (Phi) is 5.28. The van der Waals surface area contributed by atoms with Gasteiger partial charge in [0.25, 0.3) is 0 Å². The monoisotopic (exact) mass is 286 g/mol. The maximum atomic E-state index is 10.5. The van der Waals surface area contributed by atoms with Crippen molar-refractivity contribution in [1.29, 1.82) is 0 Å². The zero-order chi connectivity index (χ0) is 12.0. The minimum atomic E-state index is -0.285. The van der Waals surface area contributed by atoms with Crippen molar-refractivity contribution in [3.8, 4) is 5.75 Å². The summed E-state index contributed by atoms with van der Waals surface area (Å²) in [7, 11) is 0. The van der Waals surface area contributed by atoms with Crippen molar-refractivity contribution >= 4 is 21.8 Å². The molecule has 0 saturated heterocycles. The van der Waals surface area contributed by atoms with Gasteiger partial charge in [-0.1, -0.05) is 15.9 Å². The van der Waals surface area contributed by atoms with Crippen LogP contribution in [0.1, 0.15) is 18.4 Å². The third kappa shape index (κ3) is 4.63. The lowest BCUT2D eigenvalue weighted by molar-refractivity contribution is -0.118. The van der Waals surface area contributed by atoms with Crippen LogP contribution in [-0.4, -0.2) is 17.6 Å². The summed E-state index contributed by atoms with van der Waals surface area (Å²) in [5.41, 5.74) is 5.84. The van der Waals surface area contributed by atoms with Gasteiger partial charge in [-0.05, 0) is 31.2 Å². The second-order valence-corrected chi connectivity index (χ2v) is 4.44. The molecule has 0 aromatic heterocycles. The SMILES string of the molecule is NC(=O)CCCNCc1cc(Br)ccc1O. The number of nitrogens with two attached hydrogens (primary N) is 1. The van der Waals surface area contributed by atoms with E-state index in [2.05, 4.69) is 21.2 Å². The molecule has 0 aliphatic rings. The van der Waals surface area contributed by atoms with Crippen LogP contribution < -0.4 is 11.1 Å². The number of hydrogen-bond donors (Lipinski definition) is 3. The van der Waals surface area contributed by atoms with Crippen molar-refractivity contribution in [2.45, 2.75) is 19.4 Å². The van der Waals surface area contributed by atoms with Gasteiger partial charge in [-0.2, -0.15) is 0 Å². The first kappa shape index (κ1) is 13.0. The van der Waals surface area contributed by atoms with Gasteiger partial charge < -0.3 is 16.2 Å². The van der Waals surface area contributed by atoms with Crippen LogP contribution >= 0.6 is 15.9 Å². The standard InChI is InChI=1S/C11H15BrN2O2/c12-9-3-4-10(15)8(6-9)7-14-5-1-2-11(13)16/h3-4,6,14-15H,1-2,5,7H2,(H2,13,16). The summed E-state index contributed by atoms with van der Waals surface area (Å²) in [6.07, 6.45) is 1.10. The fraction of sp³-hybridized carbons (Fsp3) is 0.364. The quantitative estimate of drug-likeness (QED) is 0.694. The Morgan fingerprint density at radius 2 is 2.25 bits per heavy atom. The van der Waals surface area contributed by atoms with E-state index in [0.717, 1.165) is 10.0 Å². The van der Waals surface area contributed by atoms with Gasteiger partial charge in [0.15, 0.2) is 0 Å². The molecule has 0 radical (unpaired) electrons. The van der Waals surface area contributed by atoms with Crippen LogP contribution in [0.3, 0.4) is 0 Å². The summed E-state index contributed by atoms with van der Waals surface area (Å²) in [4.78, 5) is 10.5. The molecular weight excluding hydrogens is 272 g/mol. The summed E-state index contributed by atoms with van der Waals surface area (Å²) in [6.45, 7) is 1.28. The van der Waals surface area contributed by atoms with Gasteiger partial charge in [0.05, 0.1) is 0 Å². The molecule has 1 aromatic rings. The third-order valence-corrected chi connectivity index (χ3v) is 2.63. The third-order valence-electron chi connectivity index (χ3n) is 2.13. The second kappa shape index (κ2) is 6.50. The zero-order valence-corrected chi connectivity index (χ0v) is 10.5. The van der Waals surface area contributed by atoms with Crippen LogP contribution in [0.2, 0.25) is 0 Å². The fourth-order valence-electron chi connectivity index (χ4n) is 1.31. The number of nitrogens with one attached hydrogen (secondary N) is 1. The maximum absolute atomic E-state index is 10.5. The predicted molar refractivity (Wildman–Crippen MR) is 65.9 cm³/mol. The molecule has 0 atom stereocenters. The number of carbonyl (C=O) groups excluding carboxylic acids is 1. The fourth-order valence-corrected chi connectivity index (χ4v) is 1.71. The van der Waals surface area contributed by atoms with Gasteiger partial charge in [0.1, 0.15) is 5.75 Å². The van der Waals surface area contributed by atoms with Crippen molar-refractivity contribution in [2.75, 3.05) is 6.54 Å². The maximum Gasteiger partial charge on any atom is 0.217 e. The molecule has 0 aliphatic carbocycles. The van der Waals surface area contributed by atoms with Crippen LogP contribution in [0.25, 0.3) is 0 Å². The smallest absolute Gasteiger partial charge is 0.217 e. The van der Waals surface area contributed by atoms with Crippen LogP contribution in [-0.2, 0) is 11.3 Å². The molecule has 88 valence electrons. The van der Waals surface area contributed by atoms with E-state index < -0.39 is 0 Å². The molecule has 0 unspecified atom stereocenters. The highest BCUT2D eigenvalue weighted by Crippen LogP contribution is 2.21. The summed E-state index contributed by atoms with van der Waals surface area (Å²) in [5, 5.41) is 12.7. The van der Waals surface area contributed by atoms with E-state index in [1.165, 1.54) is 0 Å². The lowest BCUT2D eigenvalue weighted by atomic mass is 10.2. The molecule has 1 amide bonds. The van der Waals surface area contributed by atoms with Crippen molar-refractivity contribution in [3.05, 3.63) is 28.2 Å². The number of rotatable bonds is 6. The number of carbonyl (C=O) groups is 1. The first-order chi connectivity index (χ1) is 7.59. The topological polar surface area (TPSA) is 75.4 Å². The number of phenols is 1. The van der Waals surface area contributed by atoms with Crippen LogP contribution in [0.5, 0.6) is 5.75 Å². The number of hydrogen-bond acceptors (Lipinski definition) is 3. The first-order valence-corrected chi connectivity index (χ1v) is 5.85. The number of benzene rings is 1. The number of phenolic OH excluding ortho intramolecular Hbond substituents is 1. The summed E-state index contributed by atoms with van der Waals surface area (Å²) >= 11 is 3.34. The number of amides is 1. The highest BCUT2D eigenvalue weighted by Gasteiger charge is 2.01. The van der Waals surface area contributed by atoms with E-state index in [4.69, 9.17) is 5.73 Å². The molecule has 0 fully saturated rings. The van der Waals surface area contributed by atoms with Crippen LogP contribution in [0.15, 0.2) is 22.7 Å². The molecular formula is C11H15BrN2O2. The first-order valence-electron chi connectivity index (χ1n) is 5.06. The van der Waals surface area contributed by atoms with Crippen molar-refractivity contribution in [1.82, 2.24) is 5.32 Å². The molecule has 1 rings (SSSR count). The summed E-state index contributed by atoms with van der Waals surface area (Å²) in [6, 6.07) is 5.28. The van der Waals surface area contributed by atoms with Gasteiger partial charge in [-0.25, -0.2) is 0 Å². The molecule has 0 aliphatic heterocycles. The molecule has 1 aromatic carbocycles. The Balaban J connectivity index is 2.31. The van der Waals surface area contributed by atoms with E-state index in [1.54, 1.807) is 12.1 Å². The molecule has 0 heterocycles. The van der Waals surface area contributed by atoms with Gasteiger partial charge in [-0.15, -0.1) is 0 Å². The molecule has 0 bridgehead atoms. The van der Waals surface area contributed by atoms with Crippen molar-refractivity contribution < 1.29 is 9.90 Å². The highest BCUT2D eigenvalue weighted by atomic mass is 79.9. The van der Waals surface area contributed by atoms with Crippen LogP contribution in [0.4, 0.5) is 0 Å². The summed E-state index contributed by atoms with van der Waals surface area (Å²) in [5.74, 6) is -0.0160. The number of halogens is 1. The average Bonchev–Trinajstić information content (AvgIpc) is 2.22. The Labute approximate surface area is 103 Å². The Morgan fingerprint density at radius 3 is 2.94 bits per heavy atom. The highest BCUT2D eigenvalue weighted by molar-refractivity contribution is 9.10. The normalized spacial score (nSPS) is 10.3.